The molecule has 0 aliphatic carbocycles. The molecule has 0 aliphatic rings. The average Bonchev–Trinajstić information content (AvgIpc) is 2.70. The van der Waals surface area contributed by atoms with Crippen molar-refractivity contribution >= 4 is 17.7 Å². The standard InChI is InChI=1S/C22H31N3OS/c1-22(2,27-4)17-25-21(23-3)24-14-18-10-12-20(13-11-18)16-26-15-19-8-6-5-7-9-19/h5-13H,14-17H2,1-4H3,(H2,23,24,25). The third-order valence-electron chi connectivity index (χ3n) is 4.32. The normalized spacial score (nSPS) is 12.1. The fourth-order valence-electron chi connectivity index (χ4n) is 2.39. The van der Waals surface area contributed by atoms with Gasteiger partial charge in [0.2, 0.25) is 0 Å². The highest BCUT2D eigenvalue weighted by Crippen LogP contribution is 2.19. The summed E-state index contributed by atoms with van der Waals surface area (Å²) in [6.07, 6.45) is 2.13. The first-order valence-corrected chi connectivity index (χ1v) is 10.4. The lowest BCUT2D eigenvalue weighted by Crippen LogP contribution is -2.42. The van der Waals surface area contributed by atoms with Gasteiger partial charge in [0.25, 0.3) is 0 Å². The maximum absolute atomic E-state index is 5.79. The number of guanidine groups is 1. The fourth-order valence-corrected chi connectivity index (χ4v) is 2.61. The lowest BCUT2D eigenvalue weighted by Gasteiger charge is -2.23. The lowest BCUT2D eigenvalue weighted by atomic mass is 10.1. The molecule has 2 N–H and O–H groups in total. The Hall–Kier alpha value is -1.98. The van der Waals surface area contributed by atoms with Crippen LogP contribution in [-0.2, 0) is 24.5 Å². The fraction of sp³-hybridized carbons (Fsp3) is 0.409. The number of ether oxygens (including phenoxy) is 1. The predicted molar refractivity (Wildman–Crippen MR) is 117 cm³/mol. The van der Waals surface area contributed by atoms with Gasteiger partial charge in [0.1, 0.15) is 0 Å². The van der Waals surface area contributed by atoms with E-state index in [4.69, 9.17) is 4.74 Å². The summed E-state index contributed by atoms with van der Waals surface area (Å²) >= 11 is 1.84. The molecule has 0 spiro atoms. The third kappa shape index (κ3) is 8.06. The largest absolute Gasteiger partial charge is 0.372 e. The van der Waals surface area contributed by atoms with E-state index < -0.39 is 0 Å². The van der Waals surface area contributed by atoms with E-state index in [2.05, 4.69) is 72.1 Å². The van der Waals surface area contributed by atoms with Crippen molar-refractivity contribution in [2.45, 2.75) is 38.4 Å². The van der Waals surface area contributed by atoms with Gasteiger partial charge in [0.05, 0.1) is 13.2 Å². The highest BCUT2D eigenvalue weighted by atomic mass is 32.2. The summed E-state index contributed by atoms with van der Waals surface area (Å²) in [6, 6.07) is 18.7. The van der Waals surface area contributed by atoms with Gasteiger partial charge >= 0.3 is 0 Å². The molecular weight excluding hydrogens is 354 g/mol. The van der Waals surface area contributed by atoms with Crippen LogP contribution < -0.4 is 10.6 Å². The van der Waals surface area contributed by atoms with E-state index in [0.29, 0.717) is 13.2 Å². The van der Waals surface area contributed by atoms with E-state index in [1.165, 1.54) is 16.7 Å². The van der Waals surface area contributed by atoms with Crippen LogP contribution in [0.3, 0.4) is 0 Å². The van der Waals surface area contributed by atoms with Gasteiger partial charge in [0.15, 0.2) is 5.96 Å². The molecule has 0 atom stereocenters. The highest BCUT2D eigenvalue weighted by Gasteiger charge is 2.15. The number of nitrogens with one attached hydrogen (secondary N) is 2. The predicted octanol–water partition coefficient (Wildman–Crippen LogP) is 4.21. The molecule has 0 fully saturated rings. The highest BCUT2D eigenvalue weighted by molar-refractivity contribution is 7.99. The van der Waals surface area contributed by atoms with Gasteiger partial charge in [-0.3, -0.25) is 4.99 Å². The number of nitrogens with zero attached hydrogens (tertiary/aromatic N) is 1. The minimum atomic E-state index is 0.180. The molecule has 0 aliphatic heterocycles. The molecule has 0 bridgehead atoms. The Morgan fingerprint density at radius 1 is 0.926 bits per heavy atom. The van der Waals surface area contributed by atoms with Crippen LogP contribution in [-0.4, -0.2) is 30.6 Å². The van der Waals surface area contributed by atoms with E-state index in [9.17, 15) is 0 Å². The van der Waals surface area contributed by atoms with E-state index in [-0.39, 0.29) is 4.75 Å². The van der Waals surface area contributed by atoms with Gasteiger partial charge in [-0.15, -0.1) is 0 Å². The first-order chi connectivity index (χ1) is 13.0. The third-order valence-corrected chi connectivity index (χ3v) is 5.57. The molecule has 146 valence electrons. The molecule has 5 heteroatoms. The second kappa shape index (κ2) is 11.0. The van der Waals surface area contributed by atoms with Gasteiger partial charge in [0, 0.05) is 24.9 Å². The summed E-state index contributed by atoms with van der Waals surface area (Å²) in [6.45, 7) is 7.30. The number of thioether (sulfide) groups is 1. The van der Waals surface area contributed by atoms with Crippen molar-refractivity contribution in [3.63, 3.8) is 0 Å². The Kier molecular flexibility index (Phi) is 8.69. The Labute approximate surface area is 167 Å². The first kappa shape index (κ1) is 21.3. The first-order valence-electron chi connectivity index (χ1n) is 9.21. The summed E-state index contributed by atoms with van der Waals surface area (Å²) < 4.78 is 5.97. The Balaban J connectivity index is 1.74. The number of benzene rings is 2. The van der Waals surface area contributed by atoms with Crippen LogP contribution in [0.1, 0.15) is 30.5 Å². The van der Waals surface area contributed by atoms with E-state index in [0.717, 1.165) is 19.0 Å². The number of aliphatic imine (C=N–C) groups is 1. The van der Waals surface area contributed by atoms with Crippen LogP contribution in [0.4, 0.5) is 0 Å². The maximum Gasteiger partial charge on any atom is 0.191 e. The summed E-state index contributed by atoms with van der Waals surface area (Å²) in [7, 11) is 1.80. The molecule has 4 nitrogen and oxygen atoms in total. The zero-order valence-corrected chi connectivity index (χ0v) is 17.6. The maximum atomic E-state index is 5.79. The molecule has 0 aromatic heterocycles. The minimum absolute atomic E-state index is 0.180. The van der Waals surface area contributed by atoms with Crippen LogP contribution in [0, 0.1) is 0 Å². The molecule has 0 saturated carbocycles. The molecule has 0 unspecified atom stereocenters. The monoisotopic (exact) mass is 385 g/mol. The van der Waals surface area contributed by atoms with Crippen LogP contribution >= 0.6 is 11.8 Å². The van der Waals surface area contributed by atoms with Crippen molar-refractivity contribution in [3.8, 4) is 0 Å². The van der Waals surface area contributed by atoms with E-state index in [1.807, 2.05) is 30.0 Å². The second-order valence-corrected chi connectivity index (χ2v) is 8.55. The topological polar surface area (TPSA) is 45.7 Å². The number of hydrogen-bond donors (Lipinski definition) is 2. The van der Waals surface area contributed by atoms with Gasteiger partial charge in [-0.1, -0.05) is 54.6 Å². The molecule has 2 rings (SSSR count). The van der Waals surface area contributed by atoms with Crippen molar-refractivity contribution < 1.29 is 4.74 Å². The average molecular weight is 386 g/mol. The Morgan fingerprint density at radius 2 is 1.52 bits per heavy atom. The summed E-state index contributed by atoms with van der Waals surface area (Å²) in [5.41, 5.74) is 3.59. The van der Waals surface area contributed by atoms with Gasteiger partial charge in [-0.05, 0) is 36.8 Å². The van der Waals surface area contributed by atoms with Crippen molar-refractivity contribution in [1.29, 1.82) is 0 Å². The van der Waals surface area contributed by atoms with E-state index in [1.54, 1.807) is 7.05 Å². The van der Waals surface area contributed by atoms with Crippen molar-refractivity contribution in [2.24, 2.45) is 4.99 Å². The Bertz CT molecular complexity index is 699. The van der Waals surface area contributed by atoms with E-state index >= 15 is 0 Å². The molecule has 27 heavy (non-hydrogen) atoms. The molecule has 2 aromatic rings. The quantitative estimate of drug-likeness (QED) is 0.501. The number of hydrogen-bond acceptors (Lipinski definition) is 3. The molecule has 0 heterocycles. The molecule has 0 saturated heterocycles. The van der Waals surface area contributed by atoms with Crippen LogP contribution in [0.5, 0.6) is 0 Å². The van der Waals surface area contributed by atoms with Crippen LogP contribution in [0.2, 0.25) is 0 Å². The molecule has 0 amide bonds. The molecule has 0 radical (unpaired) electrons. The summed E-state index contributed by atoms with van der Waals surface area (Å²) in [5.74, 6) is 0.826. The zero-order valence-electron chi connectivity index (χ0n) is 16.8. The van der Waals surface area contributed by atoms with Crippen molar-refractivity contribution in [1.82, 2.24) is 10.6 Å². The van der Waals surface area contributed by atoms with Crippen LogP contribution in [0.25, 0.3) is 0 Å². The van der Waals surface area contributed by atoms with Crippen LogP contribution in [0.15, 0.2) is 59.6 Å². The van der Waals surface area contributed by atoms with Gasteiger partial charge in [-0.25, -0.2) is 0 Å². The van der Waals surface area contributed by atoms with Crippen molar-refractivity contribution in [3.05, 3.63) is 71.3 Å². The Morgan fingerprint density at radius 3 is 2.11 bits per heavy atom. The van der Waals surface area contributed by atoms with Gasteiger partial charge < -0.3 is 15.4 Å². The zero-order chi connectivity index (χ0) is 19.5. The summed E-state index contributed by atoms with van der Waals surface area (Å²) in [5, 5.41) is 6.75. The summed E-state index contributed by atoms with van der Waals surface area (Å²) in [4.78, 5) is 4.29. The SMILES string of the molecule is CN=C(NCc1ccc(COCc2ccccc2)cc1)NCC(C)(C)SC. The minimum Gasteiger partial charge on any atom is -0.372 e. The van der Waals surface area contributed by atoms with Gasteiger partial charge in [-0.2, -0.15) is 11.8 Å². The lowest BCUT2D eigenvalue weighted by molar-refractivity contribution is 0.107. The van der Waals surface area contributed by atoms with Crippen molar-refractivity contribution in [2.75, 3.05) is 19.8 Å². The smallest absolute Gasteiger partial charge is 0.191 e. The number of rotatable bonds is 9. The molecular formula is C22H31N3OS. The molecule has 2 aromatic carbocycles. The second-order valence-electron chi connectivity index (χ2n) is 7.04.